The Hall–Kier alpha value is -2.55. The minimum Gasteiger partial charge on any atom is -0.166 e. The molecule has 0 fully saturated rings. The predicted octanol–water partition coefficient (Wildman–Crippen LogP) is 6.35. The van der Waals surface area contributed by atoms with Crippen LogP contribution in [0.25, 0.3) is 22.3 Å². The van der Waals surface area contributed by atoms with Gasteiger partial charge in [-0.2, -0.15) is 13.2 Å². The van der Waals surface area contributed by atoms with E-state index in [-0.39, 0.29) is 5.56 Å². The number of aryl methyl sites for hydroxylation is 1. The Morgan fingerprint density at radius 1 is 0.652 bits per heavy atom. The Morgan fingerprint density at radius 2 is 1.26 bits per heavy atom. The summed E-state index contributed by atoms with van der Waals surface area (Å²) in [5.41, 5.74) is 2.58. The number of rotatable bonds is 2. The van der Waals surface area contributed by atoms with Crippen LogP contribution in [0.5, 0.6) is 0 Å². The van der Waals surface area contributed by atoms with Gasteiger partial charge in [0.1, 0.15) is 0 Å². The smallest absolute Gasteiger partial charge is 0.166 e. The highest BCUT2D eigenvalue weighted by atomic mass is 19.4. The fourth-order valence-electron chi connectivity index (χ4n) is 2.57. The van der Waals surface area contributed by atoms with Gasteiger partial charge >= 0.3 is 6.18 Å². The Bertz CT molecular complexity index is 801. The van der Waals surface area contributed by atoms with Crippen LogP contribution in [-0.4, -0.2) is 0 Å². The van der Waals surface area contributed by atoms with Gasteiger partial charge in [-0.3, -0.25) is 0 Å². The Morgan fingerprint density at radius 3 is 1.87 bits per heavy atom. The lowest BCUT2D eigenvalue weighted by Gasteiger charge is -2.15. The van der Waals surface area contributed by atoms with Gasteiger partial charge in [0.05, 0.1) is 5.56 Å². The van der Waals surface area contributed by atoms with Crippen LogP contribution in [0, 0.1) is 6.92 Å². The summed E-state index contributed by atoms with van der Waals surface area (Å²) in [6.07, 6.45) is -4.40. The zero-order valence-corrected chi connectivity index (χ0v) is 12.6. The predicted molar refractivity (Wildman–Crippen MR) is 87.1 cm³/mol. The maximum Gasteiger partial charge on any atom is 0.417 e. The quantitative estimate of drug-likeness (QED) is 0.517. The molecule has 0 atom stereocenters. The lowest BCUT2D eigenvalue weighted by Crippen LogP contribution is -2.07. The molecule has 0 spiro atoms. The molecule has 0 heterocycles. The largest absolute Gasteiger partial charge is 0.417 e. The average molecular weight is 312 g/mol. The van der Waals surface area contributed by atoms with Gasteiger partial charge in [-0.25, -0.2) is 0 Å². The number of benzene rings is 3. The van der Waals surface area contributed by atoms with Gasteiger partial charge in [-0.15, -0.1) is 0 Å². The highest BCUT2D eigenvalue weighted by Crippen LogP contribution is 2.39. The maximum atomic E-state index is 13.5. The normalized spacial score (nSPS) is 11.5. The van der Waals surface area contributed by atoms with E-state index in [9.17, 15) is 13.2 Å². The molecule has 0 aromatic heterocycles. The van der Waals surface area contributed by atoms with Crippen molar-refractivity contribution in [2.24, 2.45) is 0 Å². The third-order valence-corrected chi connectivity index (χ3v) is 3.79. The Labute approximate surface area is 133 Å². The van der Waals surface area contributed by atoms with E-state index in [0.29, 0.717) is 11.1 Å². The lowest BCUT2D eigenvalue weighted by atomic mass is 9.94. The van der Waals surface area contributed by atoms with Gasteiger partial charge < -0.3 is 0 Å². The summed E-state index contributed by atoms with van der Waals surface area (Å²) in [7, 11) is 0. The molecule has 0 nitrogen and oxygen atoms in total. The van der Waals surface area contributed by atoms with E-state index in [1.54, 1.807) is 42.5 Å². The average Bonchev–Trinajstić information content (AvgIpc) is 2.55. The molecule has 0 bridgehead atoms. The Balaban J connectivity index is 2.15. The van der Waals surface area contributed by atoms with Crippen LogP contribution in [0.15, 0.2) is 72.8 Å². The van der Waals surface area contributed by atoms with E-state index < -0.39 is 11.7 Å². The molecule has 0 saturated heterocycles. The third-order valence-electron chi connectivity index (χ3n) is 3.79. The molecule has 3 rings (SSSR count). The molecule has 0 amide bonds. The van der Waals surface area contributed by atoms with Crippen molar-refractivity contribution < 1.29 is 13.2 Å². The van der Waals surface area contributed by atoms with Crippen LogP contribution in [-0.2, 0) is 6.18 Å². The first-order valence-corrected chi connectivity index (χ1v) is 7.29. The van der Waals surface area contributed by atoms with Gasteiger partial charge in [-0.05, 0) is 35.2 Å². The SMILES string of the molecule is Cc1ccc(-c2ccc(-c3ccccc3)c(C(F)(F)F)c2)cc1. The molecule has 0 aliphatic carbocycles. The van der Waals surface area contributed by atoms with Crippen LogP contribution in [0.4, 0.5) is 13.2 Å². The third kappa shape index (κ3) is 3.29. The van der Waals surface area contributed by atoms with Crippen molar-refractivity contribution in [1.82, 2.24) is 0 Å². The van der Waals surface area contributed by atoms with Crippen LogP contribution in [0.1, 0.15) is 11.1 Å². The van der Waals surface area contributed by atoms with Crippen LogP contribution in [0.2, 0.25) is 0 Å². The highest BCUT2D eigenvalue weighted by molar-refractivity contribution is 5.74. The van der Waals surface area contributed by atoms with E-state index in [1.807, 2.05) is 31.2 Å². The van der Waals surface area contributed by atoms with Crippen molar-refractivity contribution in [2.75, 3.05) is 0 Å². The summed E-state index contributed by atoms with van der Waals surface area (Å²) in [5.74, 6) is 0. The van der Waals surface area contributed by atoms with Gasteiger partial charge in [-0.1, -0.05) is 72.3 Å². The number of halogens is 3. The summed E-state index contributed by atoms with van der Waals surface area (Å²) in [5, 5.41) is 0. The van der Waals surface area contributed by atoms with Crippen LogP contribution in [0.3, 0.4) is 0 Å². The summed E-state index contributed by atoms with van der Waals surface area (Å²) in [6, 6.07) is 20.6. The van der Waals surface area contributed by atoms with Gasteiger partial charge in [0, 0.05) is 0 Å². The number of hydrogen-bond acceptors (Lipinski definition) is 0. The van der Waals surface area contributed by atoms with Crippen molar-refractivity contribution in [3.8, 4) is 22.3 Å². The number of hydrogen-bond donors (Lipinski definition) is 0. The van der Waals surface area contributed by atoms with Crippen molar-refractivity contribution in [2.45, 2.75) is 13.1 Å². The standard InChI is InChI=1S/C20H15F3/c1-14-7-9-15(10-8-14)17-11-12-18(16-5-3-2-4-6-16)19(13-17)20(21,22)23/h2-13H,1H3. The molecule has 0 unspecified atom stereocenters. The van der Waals surface area contributed by atoms with Crippen LogP contribution >= 0.6 is 0 Å². The molecule has 23 heavy (non-hydrogen) atoms. The van der Waals surface area contributed by atoms with E-state index in [1.165, 1.54) is 6.07 Å². The minimum atomic E-state index is -4.40. The second-order valence-electron chi connectivity index (χ2n) is 5.49. The van der Waals surface area contributed by atoms with Gasteiger partial charge in [0.25, 0.3) is 0 Å². The summed E-state index contributed by atoms with van der Waals surface area (Å²) >= 11 is 0. The first kappa shape index (κ1) is 15.3. The zero-order chi connectivity index (χ0) is 16.4. The molecule has 0 aliphatic rings. The molecule has 0 saturated carbocycles. The maximum absolute atomic E-state index is 13.5. The first-order valence-electron chi connectivity index (χ1n) is 7.29. The van der Waals surface area contributed by atoms with Gasteiger partial charge in [0.2, 0.25) is 0 Å². The van der Waals surface area contributed by atoms with Crippen molar-refractivity contribution >= 4 is 0 Å². The molecule has 3 aromatic carbocycles. The second kappa shape index (κ2) is 5.92. The van der Waals surface area contributed by atoms with Gasteiger partial charge in [0.15, 0.2) is 0 Å². The van der Waals surface area contributed by atoms with Crippen molar-refractivity contribution in [1.29, 1.82) is 0 Å². The summed E-state index contributed by atoms with van der Waals surface area (Å²) in [4.78, 5) is 0. The second-order valence-corrected chi connectivity index (χ2v) is 5.49. The molecule has 0 N–H and O–H groups in total. The van der Waals surface area contributed by atoms with E-state index in [2.05, 4.69) is 0 Å². The Kier molecular flexibility index (Phi) is 3.95. The topological polar surface area (TPSA) is 0 Å². The monoisotopic (exact) mass is 312 g/mol. The number of alkyl halides is 3. The molecular weight excluding hydrogens is 297 g/mol. The van der Waals surface area contributed by atoms with E-state index in [0.717, 1.165) is 11.1 Å². The lowest BCUT2D eigenvalue weighted by molar-refractivity contribution is -0.137. The van der Waals surface area contributed by atoms with Crippen molar-refractivity contribution in [3.63, 3.8) is 0 Å². The van der Waals surface area contributed by atoms with Crippen molar-refractivity contribution in [3.05, 3.63) is 83.9 Å². The zero-order valence-electron chi connectivity index (χ0n) is 12.6. The first-order chi connectivity index (χ1) is 10.9. The fourth-order valence-corrected chi connectivity index (χ4v) is 2.57. The summed E-state index contributed by atoms with van der Waals surface area (Å²) in [6.45, 7) is 1.95. The minimum absolute atomic E-state index is 0.203. The molecular formula is C20H15F3. The molecule has 3 aromatic rings. The molecule has 0 radical (unpaired) electrons. The highest BCUT2D eigenvalue weighted by Gasteiger charge is 2.34. The summed E-state index contributed by atoms with van der Waals surface area (Å²) < 4.78 is 40.5. The fraction of sp³-hybridized carbons (Fsp3) is 0.100. The van der Waals surface area contributed by atoms with Crippen LogP contribution < -0.4 is 0 Å². The van der Waals surface area contributed by atoms with E-state index in [4.69, 9.17) is 0 Å². The molecule has 0 aliphatic heterocycles. The van der Waals surface area contributed by atoms with E-state index >= 15 is 0 Å². The molecule has 116 valence electrons. The molecule has 3 heteroatoms.